The molecule has 8 heteroatoms. The van der Waals surface area contributed by atoms with Gasteiger partial charge in [-0.05, 0) is 37.5 Å². The number of benzene rings is 2. The molecule has 0 bridgehead atoms. The molecule has 180 valence electrons. The summed E-state index contributed by atoms with van der Waals surface area (Å²) in [6.07, 6.45) is 0.830. The number of carbonyl (C=O) groups is 4. The molecule has 1 heterocycles. The number of amides is 3. The van der Waals surface area contributed by atoms with E-state index in [0.29, 0.717) is 31.6 Å². The highest BCUT2D eigenvalue weighted by atomic mass is 16.5. The van der Waals surface area contributed by atoms with E-state index in [9.17, 15) is 19.2 Å². The molecule has 1 aliphatic heterocycles. The van der Waals surface area contributed by atoms with Crippen LogP contribution in [0.25, 0.3) is 0 Å². The minimum atomic E-state index is -0.922. The summed E-state index contributed by atoms with van der Waals surface area (Å²) in [4.78, 5) is 52.8. The molecule has 0 saturated carbocycles. The lowest BCUT2D eigenvalue weighted by atomic mass is 9.72. The number of rotatable bonds is 7. The van der Waals surface area contributed by atoms with Crippen LogP contribution in [0.15, 0.2) is 54.6 Å². The first-order valence-corrected chi connectivity index (χ1v) is 11.3. The average Bonchev–Trinajstić information content (AvgIpc) is 2.84. The molecule has 0 unspecified atom stereocenters. The lowest BCUT2D eigenvalue weighted by Crippen LogP contribution is -2.49. The Hall–Kier alpha value is -3.68. The Morgan fingerprint density at radius 3 is 2.21 bits per heavy atom. The zero-order chi connectivity index (χ0) is 24.7. The Morgan fingerprint density at radius 1 is 1.00 bits per heavy atom. The molecule has 1 aliphatic rings. The molecule has 1 N–H and O–H groups in total. The van der Waals surface area contributed by atoms with E-state index in [1.165, 1.54) is 18.9 Å². The van der Waals surface area contributed by atoms with Gasteiger partial charge in [0, 0.05) is 32.7 Å². The van der Waals surface area contributed by atoms with E-state index in [4.69, 9.17) is 4.74 Å². The fraction of sp³-hybridized carbons (Fsp3) is 0.385. The molecule has 3 rings (SSSR count). The molecule has 1 fully saturated rings. The number of hydrogen-bond acceptors (Lipinski definition) is 5. The van der Waals surface area contributed by atoms with E-state index < -0.39 is 23.9 Å². The van der Waals surface area contributed by atoms with Crippen molar-refractivity contribution < 1.29 is 23.9 Å². The van der Waals surface area contributed by atoms with Gasteiger partial charge in [0.05, 0.1) is 12.0 Å². The van der Waals surface area contributed by atoms with Gasteiger partial charge in [0.2, 0.25) is 11.8 Å². The molecular weight excluding hydrogens is 434 g/mol. The summed E-state index contributed by atoms with van der Waals surface area (Å²) in [6, 6.07) is 16.7. The number of likely N-dealkylation sites (N-methyl/N-ethyl adjacent to an activating group) is 1. The maximum Gasteiger partial charge on any atom is 0.317 e. The molecule has 1 saturated heterocycles. The maximum atomic E-state index is 13.2. The number of esters is 1. The van der Waals surface area contributed by atoms with Crippen molar-refractivity contribution in [1.29, 1.82) is 0 Å². The Labute approximate surface area is 199 Å². The third-order valence-corrected chi connectivity index (χ3v) is 6.25. The monoisotopic (exact) mass is 465 g/mol. The Balaban J connectivity index is 1.59. The van der Waals surface area contributed by atoms with Gasteiger partial charge in [-0.25, -0.2) is 0 Å². The number of carbonyl (C=O) groups excluding carboxylic acids is 4. The second kappa shape index (κ2) is 11.0. The molecule has 2 aromatic rings. The van der Waals surface area contributed by atoms with Gasteiger partial charge < -0.3 is 19.9 Å². The van der Waals surface area contributed by atoms with Crippen molar-refractivity contribution in [3.8, 4) is 0 Å². The van der Waals surface area contributed by atoms with Crippen molar-refractivity contribution in [2.75, 3.05) is 38.6 Å². The number of ether oxygens (including phenoxy) is 1. The van der Waals surface area contributed by atoms with Crippen molar-refractivity contribution in [2.45, 2.75) is 32.1 Å². The third-order valence-electron chi connectivity index (χ3n) is 6.25. The van der Waals surface area contributed by atoms with Gasteiger partial charge in [-0.2, -0.15) is 0 Å². The fourth-order valence-corrected chi connectivity index (χ4v) is 4.09. The first kappa shape index (κ1) is 25.0. The van der Waals surface area contributed by atoms with E-state index in [-0.39, 0.29) is 18.4 Å². The zero-order valence-corrected chi connectivity index (χ0v) is 19.9. The van der Waals surface area contributed by atoms with Gasteiger partial charge in [0.25, 0.3) is 5.91 Å². The van der Waals surface area contributed by atoms with Crippen molar-refractivity contribution in [3.05, 3.63) is 65.7 Å². The summed E-state index contributed by atoms with van der Waals surface area (Å²) in [5.74, 6) is -1.34. The van der Waals surface area contributed by atoms with Crippen molar-refractivity contribution in [3.63, 3.8) is 0 Å². The summed E-state index contributed by atoms with van der Waals surface area (Å²) in [5.41, 5.74) is 1.60. The zero-order valence-electron chi connectivity index (χ0n) is 19.9. The SMILES string of the molecule is CC(=O)N1CCC(C(=O)OCC(=O)N(C)CC(=O)Nc2ccc(C)cc2)(c2ccccc2)CC1. The molecule has 0 aliphatic carbocycles. The average molecular weight is 466 g/mol. The number of hydrogen-bond donors (Lipinski definition) is 1. The molecule has 0 aromatic heterocycles. The minimum Gasteiger partial charge on any atom is -0.455 e. The van der Waals surface area contributed by atoms with Gasteiger partial charge >= 0.3 is 5.97 Å². The second-order valence-corrected chi connectivity index (χ2v) is 8.69. The van der Waals surface area contributed by atoms with Crippen LogP contribution in [-0.4, -0.2) is 66.8 Å². The number of piperidine rings is 1. The van der Waals surface area contributed by atoms with E-state index in [0.717, 1.165) is 11.1 Å². The highest BCUT2D eigenvalue weighted by Gasteiger charge is 2.45. The van der Waals surface area contributed by atoms with Gasteiger partial charge in [0.15, 0.2) is 6.61 Å². The van der Waals surface area contributed by atoms with E-state index >= 15 is 0 Å². The van der Waals surface area contributed by atoms with E-state index in [1.54, 1.807) is 17.0 Å². The molecular formula is C26H31N3O5. The quantitative estimate of drug-likeness (QED) is 0.634. The first-order valence-electron chi connectivity index (χ1n) is 11.3. The van der Waals surface area contributed by atoms with Gasteiger partial charge in [-0.3, -0.25) is 19.2 Å². The molecule has 2 aromatic carbocycles. The third kappa shape index (κ3) is 6.01. The van der Waals surface area contributed by atoms with Crippen LogP contribution in [0, 0.1) is 6.92 Å². The number of likely N-dealkylation sites (tertiary alicyclic amines) is 1. The Bertz CT molecular complexity index is 1030. The molecule has 8 nitrogen and oxygen atoms in total. The number of nitrogens with zero attached hydrogens (tertiary/aromatic N) is 2. The van der Waals surface area contributed by atoms with Crippen LogP contribution < -0.4 is 5.32 Å². The van der Waals surface area contributed by atoms with Crippen LogP contribution >= 0.6 is 0 Å². The Kier molecular flexibility index (Phi) is 8.04. The van der Waals surface area contributed by atoms with Crippen LogP contribution in [0.1, 0.15) is 30.9 Å². The smallest absolute Gasteiger partial charge is 0.317 e. The molecule has 34 heavy (non-hydrogen) atoms. The van der Waals surface area contributed by atoms with Crippen molar-refractivity contribution in [1.82, 2.24) is 9.80 Å². The standard InChI is InChI=1S/C26H31N3O5/c1-19-9-11-22(12-10-19)27-23(31)17-28(3)24(32)18-34-25(33)26(21-7-5-4-6-8-21)13-15-29(16-14-26)20(2)30/h4-12H,13-18H2,1-3H3,(H,27,31). The lowest BCUT2D eigenvalue weighted by molar-refractivity contribution is -0.159. The fourth-order valence-electron chi connectivity index (χ4n) is 4.09. The van der Waals surface area contributed by atoms with Crippen molar-refractivity contribution in [2.24, 2.45) is 0 Å². The van der Waals surface area contributed by atoms with E-state index in [1.807, 2.05) is 49.4 Å². The summed E-state index contributed by atoms with van der Waals surface area (Å²) < 4.78 is 5.47. The van der Waals surface area contributed by atoms with Crippen LogP contribution in [0.4, 0.5) is 5.69 Å². The van der Waals surface area contributed by atoms with Crippen LogP contribution in [-0.2, 0) is 29.3 Å². The first-order chi connectivity index (χ1) is 16.2. The van der Waals surface area contributed by atoms with Crippen LogP contribution in [0.2, 0.25) is 0 Å². The topological polar surface area (TPSA) is 96.0 Å². The highest BCUT2D eigenvalue weighted by molar-refractivity contribution is 5.95. The molecule has 0 radical (unpaired) electrons. The molecule has 3 amide bonds. The predicted octanol–water partition coefficient (Wildman–Crippen LogP) is 2.52. The highest BCUT2D eigenvalue weighted by Crippen LogP contribution is 2.37. The number of anilines is 1. The maximum absolute atomic E-state index is 13.2. The van der Waals surface area contributed by atoms with Crippen LogP contribution in [0.3, 0.4) is 0 Å². The van der Waals surface area contributed by atoms with E-state index in [2.05, 4.69) is 5.32 Å². The number of aryl methyl sites for hydroxylation is 1. The van der Waals surface area contributed by atoms with Gasteiger partial charge in [0.1, 0.15) is 0 Å². The molecule has 0 spiro atoms. The lowest BCUT2D eigenvalue weighted by Gasteiger charge is -2.40. The van der Waals surface area contributed by atoms with Gasteiger partial charge in [-0.1, -0.05) is 48.0 Å². The van der Waals surface area contributed by atoms with Crippen molar-refractivity contribution >= 4 is 29.4 Å². The predicted molar refractivity (Wildman–Crippen MR) is 128 cm³/mol. The summed E-state index contributed by atoms with van der Waals surface area (Å²) in [5, 5.41) is 2.74. The molecule has 0 atom stereocenters. The summed E-state index contributed by atoms with van der Waals surface area (Å²) in [7, 11) is 1.49. The number of nitrogens with one attached hydrogen (secondary N) is 1. The Morgan fingerprint density at radius 2 is 1.62 bits per heavy atom. The largest absolute Gasteiger partial charge is 0.455 e. The summed E-state index contributed by atoms with van der Waals surface area (Å²) >= 11 is 0. The van der Waals surface area contributed by atoms with Crippen LogP contribution in [0.5, 0.6) is 0 Å². The normalized spacial score (nSPS) is 14.7. The van der Waals surface area contributed by atoms with Gasteiger partial charge in [-0.15, -0.1) is 0 Å². The summed E-state index contributed by atoms with van der Waals surface area (Å²) in [6.45, 7) is 3.71. The minimum absolute atomic E-state index is 0.0317. The second-order valence-electron chi connectivity index (χ2n) is 8.69.